The Balaban J connectivity index is 2.28. The first-order valence-corrected chi connectivity index (χ1v) is 8.18. The van der Waals surface area contributed by atoms with Gasteiger partial charge in [0, 0.05) is 9.75 Å². The summed E-state index contributed by atoms with van der Waals surface area (Å²) in [6.45, 7) is 8.41. The largest absolute Gasteiger partial charge is 0.491 e. The third-order valence-corrected chi connectivity index (χ3v) is 5.34. The van der Waals surface area contributed by atoms with Crippen LogP contribution in [0, 0.1) is 13.8 Å². The van der Waals surface area contributed by atoms with Gasteiger partial charge in [0.25, 0.3) is 0 Å². The van der Waals surface area contributed by atoms with E-state index < -0.39 is 0 Å². The Morgan fingerprint density at radius 2 is 1.89 bits per heavy atom. The van der Waals surface area contributed by atoms with Crippen LogP contribution in [0.25, 0.3) is 0 Å². The Hall–Kier alpha value is -0.800. The zero-order valence-electron chi connectivity index (χ0n) is 11.7. The molecule has 1 nitrogen and oxygen atoms in total. The predicted octanol–water partition coefficient (Wildman–Crippen LogP) is 5.64. The van der Waals surface area contributed by atoms with Crippen molar-refractivity contribution in [3.05, 3.63) is 51.2 Å². The molecular weight excluding hydrogens is 320 g/mol. The minimum atomic E-state index is 0.203. The molecule has 0 aliphatic rings. The van der Waals surface area contributed by atoms with Crippen molar-refractivity contribution in [3.63, 3.8) is 0 Å². The molecule has 0 saturated heterocycles. The van der Waals surface area contributed by atoms with Gasteiger partial charge < -0.3 is 4.74 Å². The van der Waals surface area contributed by atoms with E-state index in [1.807, 2.05) is 31.3 Å². The van der Waals surface area contributed by atoms with E-state index in [9.17, 15) is 0 Å². The lowest BCUT2D eigenvalue weighted by Crippen LogP contribution is -2.05. The van der Waals surface area contributed by atoms with E-state index in [1.165, 1.54) is 20.9 Å². The Kier molecular flexibility index (Phi) is 4.69. The fraction of sp³-hybridized carbons (Fsp3) is 0.375. The van der Waals surface area contributed by atoms with Crippen molar-refractivity contribution in [2.75, 3.05) is 0 Å². The van der Waals surface area contributed by atoms with Gasteiger partial charge in [-0.25, -0.2) is 0 Å². The number of hydrogen-bond donors (Lipinski definition) is 0. The standard InChI is InChI=1S/C16H19BrOS/c1-10(2)18-14-7-5-6-13(9-14)15(17)16-11(3)8-12(4)19-16/h5-10,15H,1-4H3. The summed E-state index contributed by atoms with van der Waals surface area (Å²) in [5.74, 6) is 0.933. The van der Waals surface area contributed by atoms with E-state index in [2.05, 4.69) is 54.0 Å². The molecule has 1 aromatic carbocycles. The normalized spacial score (nSPS) is 12.7. The molecule has 2 rings (SSSR count). The molecule has 0 radical (unpaired) electrons. The van der Waals surface area contributed by atoms with Crippen LogP contribution in [-0.4, -0.2) is 6.10 Å². The zero-order valence-corrected chi connectivity index (χ0v) is 14.1. The summed E-state index contributed by atoms with van der Waals surface area (Å²) in [5.41, 5.74) is 2.59. The van der Waals surface area contributed by atoms with Crippen molar-refractivity contribution in [1.29, 1.82) is 0 Å². The summed E-state index contributed by atoms with van der Waals surface area (Å²) < 4.78 is 5.76. The minimum Gasteiger partial charge on any atom is -0.491 e. The zero-order chi connectivity index (χ0) is 14.0. The highest BCUT2D eigenvalue weighted by atomic mass is 79.9. The molecule has 19 heavy (non-hydrogen) atoms. The molecule has 0 fully saturated rings. The maximum Gasteiger partial charge on any atom is 0.120 e. The van der Waals surface area contributed by atoms with Gasteiger partial charge in [-0.15, -0.1) is 11.3 Å². The summed E-state index contributed by atoms with van der Waals surface area (Å²) >= 11 is 5.66. The fourth-order valence-electron chi connectivity index (χ4n) is 2.08. The Morgan fingerprint density at radius 3 is 2.47 bits per heavy atom. The minimum absolute atomic E-state index is 0.203. The molecule has 3 heteroatoms. The first-order valence-electron chi connectivity index (χ1n) is 6.45. The maximum absolute atomic E-state index is 5.76. The molecule has 1 aromatic heterocycles. The molecule has 1 unspecified atom stereocenters. The second-order valence-corrected chi connectivity index (χ2v) is 7.21. The topological polar surface area (TPSA) is 9.23 Å². The summed E-state index contributed by atoms with van der Waals surface area (Å²) in [6.07, 6.45) is 0.203. The van der Waals surface area contributed by atoms with Gasteiger partial charge in [0.2, 0.25) is 0 Å². The van der Waals surface area contributed by atoms with Crippen molar-refractivity contribution in [1.82, 2.24) is 0 Å². The third kappa shape index (κ3) is 3.61. The van der Waals surface area contributed by atoms with E-state index in [0.717, 1.165) is 5.75 Å². The van der Waals surface area contributed by atoms with E-state index in [1.54, 1.807) is 0 Å². The van der Waals surface area contributed by atoms with Gasteiger partial charge in [0.15, 0.2) is 0 Å². The molecule has 2 aromatic rings. The number of benzene rings is 1. The van der Waals surface area contributed by atoms with Gasteiger partial charge in [-0.1, -0.05) is 28.1 Å². The van der Waals surface area contributed by atoms with Crippen LogP contribution in [0.5, 0.6) is 5.75 Å². The number of hydrogen-bond acceptors (Lipinski definition) is 2. The van der Waals surface area contributed by atoms with Gasteiger partial charge in [-0.3, -0.25) is 0 Å². The lowest BCUT2D eigenvalue weighted by Gasteiger charge is -2.14. The van der Waals surface area contributed by atoms with E-state index in [-0.39, 0.29) is 10.9 Å². The predicted molar refractivity (Wildman–Crippen MR) is 86.8 cm³/mol. The van der Waals surface area contributed by atoms with Gasteiger partial charge in [0.1, 0.15) is 5.75 Å². The fourth-order valence-corrected chi connectivity index (χ4v) is 4.05. The maximum atomic E-state index is 5.76. The SMILES string of the molecule is Cc1cc(C)c(C(Br)c2cccc(OC(C)C)c2)s1. The average Bonchev–Trinajstić information content (AvgIpc) is 2.67. The Bertz CT molecular complexity index is 560. The Labute approximate surface area is 127 Å². The number of alkyl halides is 1. The quantitative estimate of drug-likeness (QED) is 0.655. The van der Waals surface area contributed by atoms with Crippen molar-refractivity contribution < 1.29 is 4.74 Å². The molecule has 1 atom stereocenters. The van der Waals surface area contributed by atoms with Crippen LogP contribution >= 0.6 is 27.3 Å². The average molecular weight is 339 g/mol. The number of ether oxygens (including phenoxy) is 1. The van der Waals surface area contributed by atoms with E-state index in [4.69, 9.17) is 4.74 Å². The molecule has 0 bridgehead atoms. The second kappa shape index (κ2) is 6.10. The molecule has 0 aliphatic carbocycles. The van der Waals surface area contributed by atoms with Crippen molar-refractivity contribution in [3.8, 4) is 5.75 Å². The van der Waals surface area contributed by atoms with Gasteiger partial charge in [-0.2, -0.15) is 0 Å². The lowest BCUT2D eigenvalue weighted by atomic mass is 10.1. The smallest absolute Gasteiger partial charge is 0.120 e. The molecule has 0 N–H and O–H groups in total. The van der Waals surface area contributed by atoms with Crippen molar-refractivity contribution in [2.45, 2.75) is 38.6 Å². The third-order valence-electron chi connectivity index (χ3n) is 2.83. The van der Waals surface area contributed by atoms with Crippen molar-refractivity contribution in [2.24, 2.45) is 0 Å². The molecular formula is C16H19BrOS. The van der Waals surface area contributed by atoms with E-state index >= 15 is 0 Å². The summed E-state index contributed by atoms with van der Waals surface area (Å²) in [4.78, 5) is 2.97. The molecule has 0 spiro atoms. The first-order chi connectivity index (χ1) is 8.97. The Morgan fingerprint density at radius 1 is 1.16 bits per heavy atom. The number of halogens is 1. The summed E-state index contributed by atoms with van der Waals surface area (Å²) in [6, 6.07) is 10.6. The molecule has 1 heterocycles. The number of rotatable bonds is 4. The second-order valence-electron chi connectivity index (χ2n) is 5.01. The highest BCUT2D eigenvalue weighted by molar-refractivity contribution is 9.09. The van der Waals surface area contributed by atoms with Crippen LogP contribution in [0.1, 0.15) is 39.6 Å². The van der Waals surface area contributed by atoms with Gasteiger partial charge in [0.05, 0.1) is 10.9 Å². The van der Waals surface area contributed by atoms with Crippen LogP contribution in [0.3, 0.4) is 0 Å². The lowest BCUT2D eigenvalue weighted by molar-refractivity contribution is 0.242. The van der Waals surface area contributed by atoms with Crippen LogP contribution < -0.4 is 4.74 Å². The highest BCUT2D eigenvalue weighted by Gasteiger charge is 2.16. The monoisotopic (exact) mass is 338 g/mol. The highest BCUT2D eigenvalue weighted by Crippen LogP contribution is 2.38. The first kappa shape index (κ1) is 14.6. The molecule has 0 aliphatic heterocycles. The molecule has 102 valence electrons. The summed E-state index contributed by atoms with van der Waals surface area (Å²) in [7, 11) is 0. The number of thiophene rings is 1. The van der Waals surface area contributed by atoms with Crippen LogP contribution in [-0.2, 0) is 0 Å². The van der Waals surface area contributed by atoms with Crippen LogP contribution in [0.2, 0.25) is 0 Å². The van der Waals surface area contributed by atoms with Crippen LogP contribution in [0.4, 0.5) is 0 Å². The van der Waals surface area contributed by atoms with Crippen molar-refractivity contribution >= 4 is 27.3 Å². The molecule has 0 saturated carbocycles. The molecule has 0 amide bonds. The van der Waals surface area contributed by atoms with Gasteiger partial charge in [-0.05, 0) is 57.0 Å². The van der Waals surface area contributed by atoms with Gasteiger partial charge >= 0.3 is 0 Å². The van der Waals surface area contributed by atoms with Crippen LogP contribution in [0.15, 0.2) is 30.3 Å². The number of aryl methyl sites for hydroxylation is 2. The summed E-state index contributed by atoms with van der Waals surface area (Å²) in [5, 5.41) is 0. The van der Waals surface area contributed by atoms with E-state index in [0.29, 0.717) is 0 Å².